The third-order valence-corrected chi connectivity index (χ3v) is 6.05. The van der Waals surface area contributed by atoms with E-state index >= 15 is 0 Å². The van der Waals surface area contributed by atoms with Gasteiger partial charge in [-0.15, -0.1) is 0 Å². The van der Waals surface area contributed by atoms with E-state index in [-0.39, 0.29) is 0 Å². The Kier molecular flexibility index (Phi) is 6.91. The molecule has 4 rings (SSSR count). The van der Waals surface area contributed by atoms with Gasteiger partial charge in [-0.05, 0) is 77.7 Å². The standard InChI is InChI=1S/C24H26IN5O/c25-18-7-4-6-17(12-18)15-27-22-14-23(28-16-21(22)24(26)31)29-19-8-5-9-20(13-19)30-10-2-1-3-11-30/h4-9,12-14,16H,1-3,10-11,15H2,(H2,26,31)(H2,27,28,29). The minimum Gasteiger partial charge on any atom is -0.380 e. The van der Waals surface area contributed by atoms with E-state index in [0.717, 1.165) is 27.9 Å². The van der Waals surface area contributed by atoms with Crippen LogP contribution in [0.5, 0.6) is 0 Å². The van der Waals surface area contributed by atoms with Gasteiger partial charge in [0.05, 0.1) is 11.3 Å². The Balaban J connectivity index is 1.52. The molecule has 31 heavy (non-hydrogen) atoms. The van der Waals surface area contributed by atoms with Crippen molar-refractivity contribution in [3.05, 3.63) is 75.5 Å². The van der Waals surface area contributed by atoms with Gasteiger partial charge in [0, 0.05) is 46.8 Å². The van der Waals surface area contributed by atoms with E-state index in [2.05, 4.69) is 67.4 Å². The van der Waals surface area contributed by atoms with Crippen molar-refractivity contribution in [3.8, 4) is 0 Å². The molecule has 160 valence electrons. The lowest BCUT2D eigenvalue weighted by Gasteiger charge is -2.29. The maximum Gasteiger partial charge on any atom is 0.252 e. The number of nitrogens with one attached hydrogen (secondary N) is 2. The number of carbonyl (C=O) groups excluding carboxylic acids is 1. The second-order valence-corrected chi connectivity index (χ2v) is 8.93. The second-order valence-electron chi connectivity index (χ2n) is 7.69. The molecule has 1 fully saturated rings. The molecule has 0 radical (unpaired) electrons. The van der Waals surface area contributed by atoms with Crippen LogP contribution in [0.15, 0.2) is 60.8 Å². The lowest BCUT2D eigenvalue weighted by Crippen LogP contribution is -2.29. The minimum absolute atomic E-state index is 0.373. The molecule has 0 bridgehead atoms. The van der Waals surface area contributed by atoms with E-state index in [4.69, 9.17) is 5.73 Å². The van der Waals surface area contributed by atoms with Crippen molar-refractivity contribution < 1.29 is 4.79 Å². The van der Waals surface area contributed by atoms with E-state index in [1.165, 1.54) is 31.1 Å². The number of aromatic nitrogens is 1. The van der Waals surface area contributed by atoms with Gasteiger partial charge in [0.15, 0.2) is 0 Å². The number of amides is 1. The average Bonchev–Trinajstić information content (AvgIpc) is 2.78. The van der Waals surface area contributed by atoms with E-state index in [1.54, 1.807) is 0 Å². The number of nitrogens with zero attached hydrogens (tertiary/aromatic N) is 2. The average molecular weight is 527 g/mol. The predicted molar refractivity (Wildman–Crippen MR) is 135 cm³/mol. The van der Waals surface area contributed by atoms with Gasteiger partial charge >= 0.3 is 0 Å². The molecule has 6 nitrogen and oxygen atoms in total. The molecule has 0 aliphatic carbocycles. The first-order chi connectivity index (χ1) is 15.1. The number of rotatable bonds is 7. The van der Waals surface area contributed by atoms with Crippen molar-refractivity contribution in [2.75, 3.05) is 28.6 Å². The molecule has 1 aliphatic rings. The van der Waals surface area contributed by atoms with Crippen LogP contribution in [0, 0.1) is 3.57 Å². The fourth-order valence-electron chi connectivity index (χ4n) is 3.79. The SMILES string of the molecule is NC(=O)c1cnc(Nc2cccc(N3CCCCC3)c2)cc1NCc1cccc(I)c1. The van der Waals surface area contributed by atoms with Crippen LogP contribution in [0.25, 0.3) is 0 Å². The molecule has 1 aromatic heterocycles. The summed E-state index contributed by atoms with van der Waals surface area (Å²) in [6.07, 6.45) is 5.31. The van der Waals surface area contributed by atoms with Gasteiger partial charge in [-0.3, -0.25) is 4.79 Å². The van der Waals surface area contributed by atoms with E-state index in [1.807, 2.05) is 30.3 Å². The lowest BCUT2D eigenvalue weighted by molar-refractivity contribution is 0.100. The molecule has 1 amide bonds. The van der Waals surface area contributed by atoms with Crippen LogP contribution < -0.4 is 21.3 Å². The number of piperidine rings is 1. The molecular formula is C24H26IN5O. The van der Waals surface area contributed by atoms with Crippen LogP contribution in [-0.2, 0) is 6.54 Å². The van der Waals surface area contributed by atoms with Crippen molar-refractivity contribution in [2.45, 2.75) is 25.8 Å². The molecular weight excluding hydrogens is 501 g/mol. The summed E-state index contributed by atoms with van der Waals surface area (Å²) in [7, 11) is 0. The number of benzene rings is 2. The van der Waals surface area contributed by atoms with Crippen LogP contribution in [0.3, 0.4) is 0 Å². The zero-order valence-corrected chi connectivity index (χ0v) is 19.4. The zero-order chi connectivity index (χ0) is 21.6. The smallest absolute Gasteiger partial charge is 0.252 e. The molecule has 1 aliphatic heterocycles. The molecule has 0 atom stereocenters. The summed E-state index contributed by atoms with van der Waals surface area (Å²) in [6, 6.07) is 18.4. The number of hydrogen-bond donors (Lipinski definition) is 3. The van der Waals surface area contributed by atoms with E-state index in [0.29, 0.717) is 23.6 Å². The Bertz CT molecular complexity index is 1070. The molecule has 4 N–H and O–H groups in total. The first-order valence-corrected chi connectivity index (χ1v) is 11.6. The van der Waals surface area contributed by atoms with Crippen molar-refractivity contribution in [1.29, 1.82) is 0 Å². The van der Waals surface area contributed by atoms with Crippen LogP contribution in [0.1, 0.15) is 35.2 Å². The molecule has 2 aromatic carbocycles. The third-order valence-electron chi connectivity index (χ3n) is 5.38. The predicted octanol–water partition coefficient (Wildman–Crippen LogP) is 5.13. The molecule has 3 aromatic rings. The number of pyridine rings is 1. The summed E-state index contributed by atoms with van der Waals surface area (Å²) in [5, 5.41) is 6.70. The molecule has 0 unspecified atom stereocenters. The number of hydrogen-bond acceptors (Lipinski definition) is 5. The third kappa shape index (κ3) is 5.66. The Morgan fingerprint density at radius 1 is 1.06 bits per heavy atom. The Morgan fingerprint density at radius 2 is 1.87 bits per heavy atom. The highest BCUT2D eigenvalue weighted by Crippen LogP contribution is 2.26. The van der Waals surface area contributed by atoms with Gasteiger partial charge in [-0.1, -0.05) is 18.2 Å². The van der Waals surface area contributed by atoms with Gasteiger partial charge in [0.2, 0.25) is 0 Å². The second kappa shape index (κ2) is 10.00. The Hall–Kier alpha value is -2.81. The van der Waals surface area contributed by atoms with Crippen molar-refractivity contribution in [3.63, 3.8) is 0 Å². The molecule has 1 saturated heterocycles. The largest absolute Gasteiger partial charge is 0.380 e. The van der Waals surface area contributed by atoms with E-state index < -0.39 is 5.91 Å². The minimum atomic E-state index is -0.503. The summed E-state index contributed by atoms with van der Waals surface area (Å²) < 4.78 is 1.16. The molecule has 0 spiro atoms. The first kappa shape index (κ1) is 21.4. The fraction of sp³-hybridized carbons (Fsp3) is 0.250. The quantitative estimate of drug-likeness (QED) is 0.371. The van der Waals surface area contributed by atoms with Crippen LogP contribution in [0.4, 0.5) is 22.9 Å². The first-order valence-electron chi connectivity index (χ1n) is 10.5. The summed E-state index contributed by atoms with van der Waals surface area (Å²) in [5.41, 5.74) is 9.91. The lowest BCUT2D eigenvalue weighted by atomic mass is 10.1. The van der Waals surface area contributed by atoms with Crippen molar-refractivity contribution in [2.24, 2.45) is 5.73 Å². The number of nitrogens with two attached hydrogens (primary N) is 1. The summed E-state index contributed by atoms with van der Waals surface area (Å²) in [5.74, 6) is 0.155. The molecule has 0 saturated carbocycles. The number of carbonyl (C=O) groups is 1. The fourth-order valence-corrected chi connectivity index (χ4v) is 4.40. The van der Waals surface area contributed by atoms with Gasteiger partial charge in [-0.25, -0.2) is 4.98 Å². The highest BCUT2D eigenvalue weighted by molar-refractivity contribution is 14.1. The van der Waals surface area contributed by atoms with E-state index in [9.17, 15) is 4.79 Å². The topological polar surface area (TPSA) is 83.3 Å². The maximum absolute atomic E-state index is 11.9. The number of primary amides is 1. The van der Waals surface area contributed by atoms with Crippen molar-refractivity contribution in [1.82, 2.24) is 4.98 Å². The molecule has 7 heteroatoms. The highest BCUT2D eigenvalue weighted by atomic mass is 127. The van der Waals surface area contributed by atoms with Gasteiger partial charge in [0.1, 0.15) is 5.82 Å². The van der Waals surface area contributed by atoms with Gasteiger partial charge < -0.3 is 21.3 Å². The number of anilines is 4. The normalized spacial score (nSPS) is 13.6. The monoisotopic (exact) mass is 527 g/mol. The Labute approximate surface area is 196 Å². The maximum atomic E-state index is 11.9. The highest BCUT2D eigenvalue weighted by Gasteiger charge is 2.13. The van der Waals surface area contributed by atoms with Crippen LogP contribution in [0.2, 0.25) is 0 Å². The number of halogens is 1. The summed E-state index contributed by atoms with van der Waals surface area (Å²) >= 11 is 2.29. The van der Waals surface area contributed by atoms with Crippen molar-refractivity contribution >= 4 is 51.4 Å². The Morgan fingerprint density at radius 3 is 2.65 bits per heavy atom. The van der Waals surface area contributed by atoms with Gasteiger partial charge in [0.25, 0.3) is 5.91 Å². The zero-order valence-electron chi connectivity index (χ0n) is 17.3. The van der Waals surface area contributed by atoms with Gasteiger partial charge in [-0.2, -0.15) is 0 Å². The molecule has 2 heterocycles. The summed E-state index contributed by atoms with van der Waals surface area (Å²) in [4.78, 5) is 18.7. The summed E-state index contributed by atoms with van der Waals surface area (Å²) in [6.45, 7) is 2.79. The van der Waals surface area contributed by atoms with Crippen LogP contribution in [-0.4, -0.2) is 24.0 Å². The van der Waals surface area contributed by atoms with Crippen LogP contribution >= 0.6 is 22.6 Å².